The van der Waals surface area contributed by atoms with Crippen molar-refractivity contribution in [2.24, 2.45) is 0 Å². The molecule has 0 unspecified atom stereocenters. The summed E-state index contributed by atoms with van der Waals surface area (Å²) in [6.45, 7) is 1.76. The minimum absolute atomic E-state index is 0.180. The molecule has 0 atom stereocenters. The molecule has 2 aliphatic heterocycles. The molecule has 7 heteroatoms. The Hall–Kier alpha value is -1.50. The SMILES string of the molecule is O=C(OC1CCN(CC(F)F)CC1)c1cnn2c1CCCC2. The van der Waals surface area contributed by atoms with Gasteiger partial charge in [0.2, 0.25) is 0 Å². The zero-order chi connectivity index (χ0) is 15.5. The van der Waals surface area contributed by atoms with Crippen LogP contribution in [-0.4, -0.2) is 52.8 Å². The summed E-state index contributed by atoms with van der Waals surface area (Å²) >= 11 is 0. The Morgan fingerprint density at radius 2 is 2.09 bits per heavy atom. The van der Waals surface area contributed by atoms with Gasteiger partial charge in [0.15, 0.2) is 0 Å². The number of ether oxygens (including phenoxy) is 1. The Morgan fingerprint density at radius 1 is 1.32 bits per heavy atom. The number of hydrogen-bond acceptors (Lipinski definition) is 4. The molecule has 0 N–H and O–H groups in total. The molecule has 0 radical (unpaired) electrons. The van der Waals surface area contributed by atoms with Crippen LogP contribution in [0.5, 0.6) is 0 Å². The van der Waals surface area contributed by atoms with Crippen molar-refractivity contribution in [1.29, 1.82) is 0 Å². The number of likely N-dealkylation sites (tertiary alicyclic amines) is 1. The zero-order valence-electron chi connectivity index (χ0n) is 12.5. The summed E-state index contributed by atoms with van der Waals surface area (Å²) in [5.74, 6) is -0.324. The van der Waals surface area contributed by atoms with Crippen LogP contribution < -0.4 is 0 Å². The second kappa shape index (κ2) is 6.73. The number of alkyl halides is 2. The van der Waals surface area contributed by atoms with Crippen molar-refractivity contribution in [2.45, 2.75) is 51.2 Å². The number of carbonyl (C=O) groups excluding carboxylic acids is 1. The largest absolute Gasteiger partial charge is 0.459 e. The molecule has 0 amide bonds. The van der Waals surface area contributed by atoms with Gasteiger partial charge in [-0.2, -0.15) is 5.10 Å². The lowest BCUT2D eigenvalue weighted by Gasteiger charge is -2.31. The maximum atomic E-state index is 12.3. The second-order valence-corrected chi connectivity index (χ2v) is 5.98. The molecule has 1 saturated heterocycles. The first-order valence-corrected chi connectivity index (χ1v) is 7.89. The number of fused-ring (bicyclic) bond motifs is 1. The van der Waals surface area contributed by atoms with E-state index in [1.165, 1.54) is 0 Å². The lowest BCUT2D eigenvalue weighted by Crippen LogP contribution is -2.40. The fourth-order valence-electron chi connectivity index (χ4n) is 3.21. The van der Waals surface area contributed by atoms with Crippen LogP contribution in [0.3, 0.4) is 0 Å². The van der Waals surface area contributed by atoms with E-state index in [1.807, 2.05) is 4.68 Å². The van der Waals surface area contributed by atoms with E-state index in [1.54, 1.807) is 11.1 Å². The van der Waals surface area contributed by atoms with Crippen molar-refractivity contribution in [3.63, 3.8) is 0 Å². The first-order chi connectivity index (χ1) is 10.6. The van der Waals surface area contributed by atoms with Crippen LogP contribution in [0.2, 0.25) is 0 Å². The molecule has 1 aromatic rings. The van der Waals surface area contributed by atoms with E-state index < -0.39 is 6.43 Å². The van der Waals surface area contributed by atoms with Crippen LogP contribution in [-0.2, 0) is 17.7 Å². The van der Waals surface area contributed by atoms with Crippen LogP contribution >= 0.6 is 0 Å². The van der Waals surface area contributed by atoms with Crippen molar-refractivity contribution in [1.82, 2.24) is 14.7 Å². The van der Waals surface area contributed by atoms with Gasteiger partial charge in [-0.1, -0.05) is 0 Å². The van der Waals surface area contributed by atoms with E-state index in [0.29, 0.717) is 31.5 Å². The standard InChI is InChI=1S/C15H21F2N3O2/c16-14(17)10-19-7-4-11(5-8-19)22-15(21)12-9-18-20-6-2-1-3-13(12)20/h9,11,14H,1-8,10H2. The minimum Gasteiger partial charge on any atom is -0.459 e. The van der Waals surface area contributed by atoms with Gasteiger partial charge in [-0.05, 0) is 32.1 Å². The average Bonchev–Trinajstić information content (AvgIpc) is 2.93. The van der Waals surface area contributed by atoms with E-state index in [-0.39, 0.29) is 18.6 Å². The fourth-order valence-corrected chi connectivity index (χ4v) is 3.21. The van der Waals surface area contributed by atoms with Crippen molar-refractivity contribution in [3.05, 3.63) is 17.5 Å². The van der Waals surface area contributed by atoms with Crippen LogP contribution in [0, 0.1) is 0 Å². The van der Waals surface area contributed by atoms with E-state index in [0.717, 1.165) is 31.5 Å². The van der Waals surface area contributed by atoms with Gasteiger partial charge in [-0.15, -0.1) is 0 Å². The molecule has 5 nitrogen and oxygen atoms in total. The Balaban J connectivity index is 1.54. The van der Waals surface area contributed by atoms with E-state index >= 15 is 0 Å². The van der Waals surface area contributed by atoms with Crippen molar-refractivity contribution < 1.29 is 18.3 Å². The van der Waals surface area contributed by atoms with Crippen LogP contribution in [0.1, 0.15) is 41.7 Å². The smallest absolute Gasteiger partial charge is 0.341 e. The van der Waals surface area contributed by atoms with Crippen molar-refractivity contribution >= 4 is 5.97 Å². The Morgan fingerprint density at radius 3 is 2.82 bits per heavy atom. The normalized spacial score (nSPS) is 20.1. The van der Waals surface area contributed by atoms with E-state index in [9.17, 15) is 13.6 Å². The molecule has 1 aromatic heterocycles. The molecule has 0 spiro atoms. The van der Waals surface area contributed by atoms with E-state index in [4.69, 9.17) is 4.74 Å². The van der Waals surface area contributed by atoms with Gasteiger partial charge in [0.1, 0.15) is 11.7 Å². The lowest BCUT2D eigenvalue weighted by atomic mass is 10.1. The van der Waals surface area contributed by atoms with Gasteiger partial charge in [0.05, 0.1) is 18.4 Å². The third kappa shape index (κ3) is 3.45. The highest BCUT2D eigenvalue weighted by atomic mass is 19.3. The second-order valence-electron chi connectivity index (χ2n) is 5.98. The summed E-state index contributed by atoms with van der Waals surface area (Å²) in [5.41, 5.74) is 1.53. The molecular weight excluding hydrogens is 292 g/mol. The molecule has 3 heterocycles. The fraction of sp³-hybridized carbons (Fsp3) is 0.733. The molecule has 2 aliphatic rings. The van der Waals surface area contributed by atoms with Crippen molar-refractivity contribution in [2.75, 3.05) is 19.6 Å². The van der Waals surface area contributed by atoms with Gasteiger partial charge in [-0.25, -0.2) is 13.6 Å². The predicted molar refractivity (Wildman–Crippen MR) is 76.0 cm³/mol. The maximum Gasteiger partial charge on any atom is 0.341 e. The monoisotopic (exact) mass is 313 g/mol. The summed E-state index contributed by atoms with van der Waals surface area (Å²) in [5, 5.41) is 4.24. The zero-order valence-corrected chi connectivity index (χ0v) is 12.5. The summed E-state index contributed by atoms with van der Waals surface area (Å²) in [6.07, 6.45) is 3.35. The number of carbonyl (C=O) groups is 1. The summed E-state index contributed by atoms with van der Waals surface area (Å²) in [7, 11) is 0. The average molecular weight is 313 g/mol. The van der Waals surface area contributed by atoms with Crippen LogP contribution in [0.25, 0.3) is 0 Å². The summed E-state index contributed by atoms with van der Waals surface area (Å²) in [6, 6.07) is 0. The topological polar surface area (TPSA) is 47.4 Å². The third-order valence-electron chi connectivity index (χ3n) is 4.41. The molecule has 0 saturated carbocycles. The molecule has 3 rings (SSSR count). The highest BCUT2D eigenvalue weighted by Gasteiger charge is 2.27. The summed E-state index contributed by atoms with van der Waals surface area (Å²) < 4.78 is 32.1. The number of halogens is 2. The highest BCUT2D eigenvalue weighted by molar-refractivity contribution is 5.90. The number of nitrogens with zero attached hydrogens (tertiary/aromatic N) is 3. The number of aromatic nitrogens is 2. The lowest BCUT2D eigenvalue weighted by molar-refractivity contribution is 0.00214. The van der Waals surface area contributed by atoms with Gasteiger partial charge < -0.3 is 4.74 Å². The summed E-state index contributed by atoms with van der Waals surface area (Å²) in [4.78, 5) is 14.0. The third-order valence-corrected chi connectivity index (χ3v) is 4.41. The molecule has 122 valence electrons. The number of piperidine rings is 1. The number of hydrogen-bond donors (Lipinski definition) is 0. The number of rotatable bonds is 4. The molecule has 0 aromatic carbocycles. The highest BCUT2D eigenvalue weighted by Crippen LogP contribution is 2.21. The molecule has 1 fully saturated rings. The maximum absolute atomic E-state index is 12.3. The number of aryl methyl sites for hydroxylation is 1. The van der Waals surface area contributed by atoms with Gasteiger partial charge in [0, 0.05) is 19.6 Å². The van der Waals surface area contributed by atoms with Gasteiger partial charge in [-0.3, -0.25) is 9.58 Å². The molecule has 0 bridgehead atoms. The van der Waals surface area contributed by atoms with Crippen LogP contribution in [0.4, 0.5) is 8.78 Å². The first kappa shape index (κ1) is 15.4. The Kier molecular flexibility index (Phi) is 4.71. The van der Waals surface area contributed by atoms with E-state index in [2.05, 4.69) is 5.10 Å². The van der Waals surface area contributed by atoms with Crippen LogP contribution in [0.15, 0.2) is 6.20 Å². The quantitative estimate of drug-likeness (QED) is 0.799. The predicted octanol–water partition coefficient (Wildman–Crippen LogP) is 2.11. The van der Waals surface area contributed by atoms with Gasteiger partial charge in [0.25, 0.3) is 6.43 Å². The van der Waals surface area contributed by atoms with Gasteiger partial charge >= 0.3 is 5.97 Å². The first-order valence-electron chi connectivity index (χ1n) is 7.89. The Labute approximate surface area is 128 Å². The Bertz CT molecular complexity index is 525. The minimum atomic E-state index is -2.31. The number of esters is 1. The van der Waals surface area contributed by atoms with Crippen molar-refractivity contribution in [3.8, 4) is 0 Å². The molecule has 0 aliphatic carbocycles. The molecule has 22 heavy (non-hydrogen) atoms. The molecular formula is C15H21F2N3O2.